The summed E-state index contributed by atoms with van der Waals surface area (Å²) in [4.78, 5) is 21.9. The Labute approximate surface area is 150 Å². The molecule has 1 aromatic carbocycles. The van der Waals surface area contributed by atoms with E-state index in [9.17, 15) is 4.79 Å². The van der Waals surface area contributed by atoms with Crippen LogP contribution >= 0.6 is 11.6 Å². The highest BCUT2D eigenvalue weighted by Crippen LogP contribution is 2.20. The topological polar surface area (TPSA) is 79.1 Å². The molecular formula is C18H15ClN4O2. The fourth-order valence-corrected chi connectivity index (χ4v) is 2.75. The predicted octanol–water partition coefficient (Wildman–Crippen LogP) is 2.69. The van der Waals surface area contributed by atoms with E-state index in [0.717, 1.165) is 5.56 Å². The molecule has 7 heteroatoms. The van der Waals surface area contributed by atoms with Gasteiger partial charge in [0.25, 0.3) is 5.88 Å². The van der Waals surface area contributed by atoms with Crippen molar-refractivity contribution in [2.45, 2.75) is 12.5 Å². The van der Waals surface area contributed by atoms with Crippen molar-refractivity contribution in [3.63, 3.8) is 0 Å². The van der Waals surface area contributed by atoms with Crippen molar-refractivity contribution in [3.8, 4) is 11.9 Å². The molecule has 1 atom stereocenters. The number of amides is 1. The van der Waals surface area contributed by atoms with Gasteiger partial charge < -0.3 is 9.64 Å². The fraction of sp³-hybridized carbons (Fsp3) is 0.222. The van der Waals surface area contributed by atoms with Gasteiger partial charge in [0.05, 0.1) is 6.54 Å². The summed E-state index contributed by atoms with van der Waals surface area (Å²) in [5.74, 6) is 0.0987. The van der Waals surface area contributed by atoms with Crippen LogP contribution < -0.4 is 4.74 Å². The minimum absolute atomic E-state index is 0.106. The zero-order valence-corrected chi connectivity index (χ0v) is 14.1. The quantitative estimate of drug-likeness (QED) is 0.789. The maximum atomic E-state index is 12.3. The first-order valence-electron chi connectivity index (χ1n) is 7.76. The number of nitriles is 1. The third kappa shape index (κ3) is 4.14. The summed E-state index contributed by atoms with van der Waals surface area (Å²) in [7, 11) is 0. The minimum atomic E-state index is -0.207. The molecule has 1 aliphatic heterocycles. The van der Waals surface area contributed by atoms with Gasteiger partial charge in [-0.1, -0.05) is 29.8 Å². The van der Waals surface area contributed by atoms with E-state index in [-0.39, 0.29) is 23.6 Å². The Hall–Kier alpha value is -2.91. The highest BCUT2D eigenvalue weighted by Gasteiger charge is 2.27. The van der Waals surface area contributed by atoms with Gasteiger partial charge in [0.15, 0.2) is 0 Å². The van der Waals surface area contributed by atoms with E-state index in [1.54, 1.807) is 17.0 Å². The van der Waals surface area contributed by atoms with Crippen LogP contribution in [0.25, 0.3) is 6.08 Å². The Bertz CT molecular complexity index is 847. The summed E-state index contributed by atoms with van der Waals surface area (Å²) < 4.78 is 5.72. The predicted molar refractivity (Wildman–Crippen MR) is 92.8 cm³/mol. The maximum Gasteiger partial charge on any atom is 0.251 e. The van der Waals surface area contributed by atoms with Crippen molar-refractivity contribution in [1.29, 1.82) is 5.26 Å². The lowest BCUT2D eigenvalue weighted by Gasteiger charge is -2.15. The summed E-state index contributed by atoms with van der Waals surface area (Å²) >= 11 is 6.07. The van der Waals surface area contributed by atoms with Gasteiger partial charge in [-0.25, -0.2) is 9.97 Å². The number of benzene rings is 1. The fourth-order valence-electron chi connectivity index (χ4n) is 2.55. The van der Waals surface area contributed by atoms with Gasteiger partial charge in [-0.15, -0.1) is 0 Å². The van der Waals surface area contributed by atoms with Crippen LogP contribution in [0.2, 0.25) is 5.02 Å². The number of carbonyl (C=O) groups is 1. The van der Waals surface area contributed by atoms with E-state index in [1.165, 1.54) is 18.5 Å². The summed E-state index contributed by atoms with van der Waals surface area (Å²) in [5.41, 5.74) is 0.939. The second kappa shape index (κ2) is 7.77. The molecule has 1 aliphatic rings. The Kier molecular flexibility index (Phi) is 5.26. The molecule has 2 heterocycles. The van der Waals surface area contributed by atoms with Gasteiger partial charge in [0.1, 0.15) is 12.2 Å². The first-order valence-corrected chi connectivity index (χ1v) is 8.14. The van der Waals surface area contributed by atoms with Crippen molar-refractivity contribution in [3.05, 3.63) is 59.0 Å². The molecule has 1 amide bonds. The van der Waals surface area contributed by atoms with E-state index < -0.39 is 0 Å². The third-order valence-corrected chi connectivity index (χ3v) is 4.16. The zero-order valence-electron chi connectivity index (χ0n) is 13.3. The molecule has 1 saturated heterocycles. The van der Waals surface area contributed by atoms with E-state index in [1.807, 2.05) is 24.3 Å². The summed E-state index contributed by atoms with van der Waals surface area (Å²) in [5, 5.41) is 9.61. The molecule has 0 radical (unpaired) electrons. The van der Waals surface area contributed by atoms with Crippen molar-refractivity contribution < 1.29 is 9.53 Å². The zero-order chi connectivity index (χ0) is 17.6. The van der Waals surface area contributed by atoms with Gasteiger partial charge in [-0.2, -0.15) is 5.26 Å². The third-order valence-electron chi connectivity index (χ3n) is 3.82. The Morgan fingerprint density at radius 1 is 1.36 bits per heavy atom. The highest BCUT2D eigenvalue weighted by molar-refractivity contribution is 6.32. The van der Waals surface area contributed by atoms with Crippen LogP contribution in [0.15, 0.2) is 42.7 Å². The van der Waals surface area contributed by atoms with Crippen LogP contribution in [-0.2, 0) is 4.79 Å². The number of hydrogen-bond acceptors (Lipinski definition) is 5. The number of likely N-dealkylation sites (tertiary alicyclic amines) is 1. The Morgan fingerprint density at radius 3 is 2.96 bits per heavy atom. The Balaban J connectivity index is 1.60. The monoisotopic (exact) mass is 354 g/mol. The molecule has 0 saturated carbocycles. The van der Waals surface area contributed by atoms with E-state index in [4.69, 9.17) is 21.6 Å². The van der Waals surface area contributed by atoms with Crippen LogP contribution in [0, 0.1) is 11.3 Å². The number of nitrogens with zero attached hydrogens (tertiary/aromatic N) is 4. The molecule has 25 heavy (non-hydrogen) atoms. The lowest BCUT2D eigenvalue weighted by Crippen LogP contribution is -2.29. The second-order valence-electron chi connectivity index (χ2n) is 5.49. The molecule has 3 rings (SSSR count). The molecule has 2 aromatic rings. The molecule has 1 unspecified atom stereocenters. The SMILES string of the molecule is N#Cc1nccnc1OC1CCN(C(=O)/C=C/c2ccccc2Cl)C1. The molecule has 1 fully saturated rings. The molecular weight excluding hydrogens is 340 g/mol. The van der Waals surface area contributed by atoms with Crippen molar-refractivity contribution >= 4 is 23.6 Å². The minimum Gasteiger partial charge on any atom is -0.470 e. The smallest absolute Gasteiger partial charge is 0.251 e. The van der Waals surface area contributed by atoms with Gasteiger partial charge in [0.2, 0.25) is 11.6 Å². The highest BCUT2D eigenvalue weighted by atomic mass is 35.5. The standard InChI is InChI=1S/C18H15ClN4O2/c19-15-4-2-1-3-13(15)5-6-17(24)23-10-7-14(12-23)25-18-16(11-20)21-8-9-22-18/h1-6,8-9,14H,7,10,12H2/b6-5+. The number of halogens is 1. The molecule has 0 aliphatic carbocycles. The molecule has 6 nitrogen and oxygen atoms in total. The average Bonchev–Trinajstić information content (AvgIpc) is 3.10. The number of rotatable bonds is 4. The van der Waals surface area contributed by atoms with Crippen molar-refractivity contribution in [1.82, 2.24) is 14.9 Å². The van der Waals surface area contributed by atoms with Crippen LogP contribution in [0.3, 0.4) is 0 Å². The summed E-state index contributed by atoms with van der Waals surface area (Å²) in [6, 6.07) is 9.27. The van der Waals surface area contributed by atoms with E-state index >= 15 is 0 Å². The van der Waals surface area contributed by atoms with Gasteiger partial charge >= 0.3 is 0 Å². The molecule has 126 valence electrons. The van der Waals surface area contributed by atoms with Crippen LogP contribution in [-0.4, -0.2) is 40.0 Å². The van der Waals surface area contributed by atoms with Gasteiger partial charge in [0, 0.05) is 36.5 Å². The lowest BCUT2D eigenvalue weighted by molar-refractivity contribution is -0.125. The lowest BCUT2D eigenvalue weighted by atomic mass is 10.2. The van der Waals surface area contributed by atoms with Gasteiger partial charge in [-0.3, -0.25) is 4.79 Å². The van der Waals surface area contributed by atoms with Crippen molar-refractivity contribution in [2.75, 3.05) is 13.1 Å². The largest absolute Gasteiger partial charge is 0.470 e. The number of ether oxygens (including phenoxy) is 1. The first-order chi connectivity index (χ1) is 12.2. The molecule has 0 bridgehead atoms. The van der Waals surface area contributed by atoms with E-state index in [0.29, 0.717) is 24.5 Å². The molecule has 0 spiro atoms. The maximum absolute atomic E-state index is 12.3. The van der Waals surface area contributed by atoms with Crippen LogP contribution in [0.1, 0.15) is 17.7 Å². The summed E-state index contributed by atoms with van der Waals surface area (Å²) in [6.45, 7) is 1.02. The van der Waals surface area contributed by atoms with Crippen LogP contribution in [0.4, 0.5) is 0 Å². The molecule has 0 N–H and O–H groups in total. The van der Waals surface area contributed by atoms with Crippen molar-refractivity contribution in [2.24, 2.45) is 0 Å². The number of carbonyl (C=O) groups excluding carboxylic acids is 1. The number of hydrogen-bond donors (Lipinski definition) is 0. The average molecular weight is 355 g/mol. The molecule has 1 aromatic heterocycles. The second-order valence-corrected chi connectivity index (χ2v) is 5.90. The normalized spacial score (nSPS) is 16.8. The summed E-state index contributed by atoms with van der Waals surface area (Å²) in [6.07, 6.45) is 6.59. The van der Waals surface area contributed by atoms with E-state index in [2.05, 4.69) is 9.97 Å². The Morgan fingerprint density at radius 2 is 2.16 bits per heavy atom. The number of aromatic nitrogens is 2. The van der Waals surface area contributed by atoms with Crippen LogP contribution in [0.5, 0.6) is 5.88 Å². The van der Waals surface area contributed by atoms with Gasteiger partial charge in [-0.05, 0) is 17.7 Å². The first kappa shape index (κ1) is 16.9.